The molecule has 0 saturated carbocycles. The van der Waals surface area contributed by atoms with Crippen molar-refractivity contribution >= 4 is 6.16 Å². The van der Waals surface area contributed by atoms with Crippen molar-refractivity contribution in [3.8, 4) is 0 Å². The number of nitrogens with zero attached hydrogens (tertiary/aromatic N) is 1. The van der Waals surface area contributed by atoms with E-state index in [1.165, 1.54) is 0 Å². The van der Waals surface area contributed by atoms with Crippen LogP contribution in [0, 0.1) is 0 Å². The van der Waals surface area contributed by atoms with Crippen molar-refractivity contribution in [3.63, 3.8) is 0 Å². The quantitative estimate of drug-likeness (QED) is 0.479. The van der Waals surface area contributed by atoms with Crippen molar-refractivity contribution in [1.29, 1.82) is 0 Å². The highest BCUT2D eigenvalue weighted by Gasteiger charge is 2.09. The molecule has 1 aliphatic heterocycles. The van der Waals surface area contributed by atoms with E-state index < -0.39 is 6.16 Å². The molecular weight excluding hydrogens is 218 g/mol. The van der Waals surface area contributed by atoms with Crippen LogP contribution in [0.2, 0.25) is 0 Å². The Morgan fingerprint density at radius 3 is 1.50 bits per heavy atom. The van der Waals surface area contributed by atoms with Crippen LogP contribution < -0.4 is 0 Å². The molecule has 0 spiro atoms. The van der Waals surface area contributed by atoms with Crippen molar-refractivity contribution < 1.29 is 29.6 Å². The van der Waals surface area contributed by atoms with Gasteiger partial charge in [-0.05, 0) is 0 Å². The Hall–Kier alpha value is -0.890. The summed E-state index contributed by atoms with van der Waals surface area (Å²) in [4.78, 5) is 11.6. The molecule has 96 valence electrons. The number of carbonyl (C=O) groups excluding carboxylic acids is 1. The van der Waals surface area contributed by atoms with Gasteiger partial charge in [-0.2, -0.15) is 0 Å². The first-order valence-electron chi connectivity index (χ1n) is 5.09. The third-order valence-corrected chi connectivity index (χ3v) is 1.77. The molecule has 3 N–H and O–H groups in total. The average Bonchev–Trinajstić information content (AvgIpc) is 2.71. The molecule has 16 heavy (non-hydrogen) atoms. The molecule has 7 heteroatoms. The van der Waals surface area contributed by atoms with Crippen LogP contribution in [0.15, 0.2) is 0 Å². The topological polar surface area (TPSA) is 99.5 Å². The maximum atomic E-state index is 9.80. The summed E-state index contributed by atoms with van der Waals surface area (Å²) in [5, 5.41) is 25.5. The zero-order valence-corrected chi connectivity index (χ0v) is 9.17. The van der Waals surface area contributed by atoms with E-state index in [1.807, 2.05) is 0 Å². The van der Waals surface area contributed by atoms with E-state index in [-0.39, 0.29) is 19.8 Å². The van der Waals surface area contributed by atoms with Crippen LogP contribution in [0.1, 0.15) is 0 Å². The smallest absolute Gasteiger partial charge is 0.431 e. The molecular formula is C9H19NO6. The Morgan fingerprint density at radius 2 is 1.31 bits per heavy atom. The second-order valence-corrected chi connectivity index (χ2v) is 2.96. The lowest BCUT2D eigenvalue weighted by Crippen LogP contribution is -2.32. The summed E-state index contributed by atoms with van der Waals surface area (Å²) < 4.78 is 8.58. The van der Waals surface area contributed by atoms with E-state index in [4.69, 9.17) is 15.3 Å². The largest absolute Gasteiger partial charge is 0.508 e. The highest BCUT2D eigenvalue weighted by atomic mass is 16.8. The van der Waals surface area contributed by atoms with Gasteiger partial charge in [0.25, 0.3) is 0 Å². The Balaban J connectivity index is 0.000000315. The molecule has 0 amide bonds. The number of aliphatic hydroxyl groups excluding tert-OH is 3. The fraction of sp³-hybridized carbons (Fsp3) is 0.889. The second kappa shape index (κ2) is 10.6. The summed E-state index contributed by atoms with van der Waals surface area (Å²) in [6.45, 7) is 2.58. The van der Waals surface area contributed by atoms with Crippen LogP contribution in [0.5, 0.6) is 0 Å². The first-order chi connectivity index (χ1) is 7.74. The number of carbonyl (C=O) groups is 1. The summed E-state index contributed by atoms with van der Waals surface area (Å²) in [6, 6.07) is 0. The van der Waals surface area contributed by atoms with Crippen molar-refractivity contribution in [3.05, 3.63) is 0 Å². The number of ether oxygens (including phenoxy) is 2. The molecule has 1 saturated heterocycles. The number of hydrogen-bond donors (Lipinski definition) is 3. The summed E-state index contributed by atoms with van der Waals surface area (Å²) in [5.41, 5.74) is 0. The van der Waals surface area contributed by atoms with Gasteiger partial charge in [-0.15, -0.1) is 0 Å². The van der Waals surface area contributed by atoms with Gasteiger partial charge in [-0.25, -0.2) is 4.79 Å². The molecule has 1 rings (SSSR count). The van der Waals surface area contributed by atoms with Crippen LogP contribution in [0.25, 0.3) is 0 Å². The summed E-state index contributed by atoms with van der Waals surface area (Å²) in [7, 11) is 0. The highest BCUT2D eigenvalue weighted by Crippen LogP contribution is 1.92. The van der Waals surface area contributed by atoms with Crippen LogP contribution in [0.4, 0.5) is 4.79 Å². The Labute approximate surface area is 94.2 Å². The Morgan fingerprint density at radius 1 is 0.938 bits per heavy atom. The fourth-order valence-corrected chi connectivity index (χ4v) is 1.05. The SMILES string of the molecule is O=C1OCCO1.OCCN(CCO)CCO. The van der Waals surface area contributed by atoms with Gasteiger partial charge in [0.1, 0.15) is 13.2 Å². The van der Waals surface area contributed by atoms with Gasteiger partial charge < -0.3 is 24.8 Å². The normalized spacial score (nSPS) is 14.1. The predicted octanol–water partition coefficient (Wildman–Crippen LogP) is -1.58. The van der Waals surface area contributed by atoms with Gasteiger partial charge in [0, 0.05) is 19.6 Å². The summed E-state index contributed by atoms with van der Waals surface area (Å²) in [6.07, 6.45) is -0.546. The van der Waals surface area contributed by atoms with Crippen molar-refractivity contribution in [2.75, 3.05) is 52.7 Å². The van der Waals surface area contributed by atoms with Gasteiger partial charge in [0.15, 0.2) is 0 Å². The van der Waals surface area contributed by atoms with Crippen LogP contribution in [-0.4, -0.2) is 79.0 Å². The number of hydrogen-bond acceptors (Lipinski definition) is 7. The van der Waals surface area contributed by atoms with E-state index in [1.54, 1.807) is 4.90 Å². The molecule has 1 fully saturated rings. The third-order valence-electron chi connectivity index (χ3n) is 1.77. The van der Waals surface area contributed by atoms with Crippen LogP contribution >= 0.6 is 0 Å². The van der Waals surface area contributed by atoms with E-state index in [2.05, 4.69) is 9.47 Å². The van der Waals surface area contributed by atoms with Gasteiger partial charge in [-0.3, -0.25) is 4.90 Å². The Bertz CT molecular complexity index is 155. The maximum absolute atomic E-state index is 9.80. The molecule has 0 aromatic carbocycles. The van der Waals surface area contributed by atoms with Gasteiger partial charge >= 0.3 is 6.16 Å². The first-order valence-corrected chi connectivity index (χ1v) is 5.09. The van der Waals surface area contributed by atoms with Crippen molar-refractivity contribution in [1.82, 2.24) is 4.90 Å². The second-order valence-electron chi connectivity index (χ2n) is 2.96. The van der Waals surface area contributed by atoms with Gasteiger partial charge in [-0.1, -0.05) is 0 Å². The minimum absolute atomic E-state index is 0.0694. The molecule has 0 radical (unpaired) electrons. The van der Waals surface area contributed by atoms with Gasteiger partial charge in [0.05, 0.1) is 19.8 Å². The lowest BCUT2D eigenvalue weighted by atomic mass is 10.4. The summed E-state index contributed by atoms with van der Waals surface area (Å²) >= 11 is 0. The molecule has 1 aliphatic rings. The minimum atomic E-state index is -0.546. The van der Waals surface area contributed by atoms with Crippen LogP contribution in [-0.2, 0) is 9.47 Å². The average molecular weight is 237 g/mol. The molecule has 0 unspecified atom stereocenters. The molecule has 0 aromatic rings. The van der Waals surface area contributed by atoms with E-state index in [0.717, 1.165) is 0 Å². The number of cyclic esters (lactones) is 2. The number of rotatable bonds is 6. The Kier molecular flexibility index (Phi) is 10.0. The standard InChI is InChI=1S/C6H15NO3.C3H4O3/c8-4-1-7(2-5-9)3-6-10;4-3-5-1-2-6-3/h8-10H,1-6H2;1-2H2. The molecule has 0 aliphatic carbocycles. The predicted molar refractivity (Wildman–Crippen MR) is 55.0 cm³/mol. The molecule has 7 nitrogen and oxygen atoms in total. The van der Waals surface area contributed by atoms with E-state index in [9.17, 15) is 4.79 Å². The van der Waals surface area contributed by atoms with Crippen LogP contribution in [0.3, 0.4) is 0 Å². The molecule has 0 aromatic heterocycles. The van der Waals surface area contributed by atoms with E-state index >= 15 is 0 Å². The molecule has 1 heterocycles. The van der Waals surface area contributed by atoms with Crippen molar-refractivity contribution in [2.24, 2.45) is 0 Å². The van der Waals surface area contributed by atoms with Crippen molar-refractivity contribution in [2.45, 2.75) is 0 Å². The zero-order valence-electron chi connectivity index (χ0n) is 9.17. The van der Waals surface area contributed by atoms with Gasteiger partial charge in [0.2, 0.25) is 0 Å². The number of aliphatic hydroxyl groups is 3. The third kappa shape index (κ3) is 8.42. The lowest BCUT2D eigenvalue weighted by molar-refractivity contribution is 0.131. The van der Waals surface area contributed by atoms with E-state index in [0.29, 0.717) is 32.8 Å². The molecule has 0 atom stereocenters. The lowest BCUT2D eigenvalue weighted by Gasteiger charge is -2.17. The minimum Gasteiger partial charge on any atom is -0.431 e. The molecule has 0 bridgehead atoms. The monoisotopic (exact) mass is 237 g/mol. The zero-order chi connectivity index (χ0) is 12.2. The summed E-state index contributed by atoms with van der Waals surface area (Å²) in [5.74, 6) is 0. The first kappa shape index (κ1) is 15.1. The highest BCUT2D eigenvalue weighted by molar-refractivity contribution is 5.61. The maximum Gasteiger partial charge on any atom is 0.508 e. The fourth-order valence-electron chi connectivity index (χ4n) is 1.05.